The van der Waals surface area contributed by atoms with Gasteiger partial charge >= 0.3 is 0 Å². The summed E-state index contributed by atoms with van der Waals surface area (Å²) < 4.78 is 0. The van der Waals surface area contributed by atoms with Gasteiger partial charge in [-0.15, -0.1) is 0 Å². The van der Waals surface area contributed by atoms with Crippen molar-refractivity contribution in [3.05, 3.63) is 64.9 Å². The predicted molar refractivity (Wildman–Crippen MR) is 61.7 cm³/mol. The molecule has 1 aromatic heterocycles. The Morgan fingerprint density at radius 1 is 1.00 bits per heavy atom. The second-order valence-corrected chi connectivity index (χ2v) is 3.66. The highest BCUT2D eigenvalue weighted by molar-refractivity contribution is 6.29. The minimum atomic E-state index is -0.218. The molecule has 0 bridgehead atoms. The summed E-state index contributed by atoms with van der Waals surface area (Å²) in [5, 5.41) is 0.471. The van der Waals surface area contributed by atoms with E-state index in [9.17, 15) is 0 Å². The summed E-state index contributed by atoms with van der Waals surface area (Å²) in [4.78, 5) is 4.19. The van der Waals surface area contributed by atoms with Gasteiger partial charge in [-0.3, -0.25) is 0 Å². The molecule has 0 saturated carbocycles. The van der Waals surface area contributed by atoms with E-state index in [2.05, 4.69) is 4.98 Å². The SMILES string of the molecule is N[C@H](c1ccccc1)c1cccc(Cl)n1. The number of nitrogens with zero attached hydrogens (tertiary/aromatic N) is 1. The maximum atomic E-state index is 6.06. The van der Waals surface area contributed by atoms with Gasteiger partial charge in [0.25, 0.3) is 0 Å². The van der Waals surface area contributed by atoms with Crippen LogP contribution in [-0.2, 0) is 0 Å². The summed E-state index contributed by atoms with van der Waals surface area (Å²) in [6, 6.07) is 15.1. The molecule has 3 heteroatoms. The fourth-order valence-electron chi connectivity index (χ4n) is 1.43. The van der Waals surface area contributed by atoms with Crippen LogP contribution in [0.25, 0.3) is 0 Å². The zero-order valence-corrected chi connectivity index (χ0v) is 8.85. The molecule has 0 saturated heterocycles. The van der Waals surface area contributed by atoms with Crippen LogP contribution in [0, 0.1) is 0 Å². The molecular formula is C12H11ClN2. The van der Waals surface area contributed by atoms with Gasteiger partial charge in [-0.05, 0) is 17.7 Å². The quantitative estimate of drug-likeness (QED) is 0.788. The second-order valence-electron chi connectivity index (χ2n) is 3.27. The largest absolute Gasteiger partial charge is 0.319 e. The third kappa shape index (κ3) is 2.35. The first kappa shape index (κ1) is 10.1. The van der Waals surface area contributed by atoms with Crippen molar-refractivity contribution in [3.8, 4) is 0 Å². The van der Waals surface area contributed by atoms with Gasteiger partial charge in [-0.25, -0.2) is 4.98 Å². The number of aromatic nitrogens is 1. The standard InChI is InChI=1S/C12H11ClN2/c13-11-8-4-7-10(15-11)12(14)9-5-2-1-3-6-9/h1-8,12H,14H2/t12-/m1/s1. The molecule has 1 aromatic carbocycles. The van der Waals surface area contributed by atoms with E-state index in [0.717, 1.165) is 11.3 Å². The predicted octanol–water partition coefficient (Wildman–Crippen LogP) is 2.78. The van der Waals surface area contributed by atoms with E-state index in [1.54, 1.807) is 6.07 Å². The summed E-state index contributed by atoms with van der Waals surface area (Å²) in [6.07, 6.45) is 0. The van der Waals surface area contributed by atoms with Crippen LogP contribution in [0.3, 0.4) is 0 Å². The van der Waals surface area contributed by atoms with Crippen LogP contribution in [0.5, 0.6) is 0 Å². The molecule has 0 unspecified atom stereocenters. The number of benzene rings is 1. The lowest BCUT2D eigenvalue weighted by atomic mass is 10.0. The molecule has 0 aliphatic rings. The summed E-state index contributed by atoms with van der Waals surface area (Å²) >= 11 is 5.81. The van der Waals surface area contributed by atoms with Gasteiger partial charge in [0.1, 0.15) is 5.15 Å². The molecule has 0 spiro atoms. The van der Waals surface area contributed by atoms with Gasteiger partial charge < -0.3 is 5.73 Å². The number of hydrogen-bond acceptors (Lipinski definition) is 2. The molecule has 15 heavy (non-hydrogen) atoms. The van der Waals surface area contributed by atoms with Gasteiger partial charge in [0.05, 0.1) is 11.7 Å². The molecule has 76 valence electrons. The highest BCUT2D eigenvalue weighted by Gasteiger charge is 2.09. The molecule has 1 heterocycles. The number of nitrogens with two attached hydrogens (primary N) is 1. The Labute approximate surface area is 93.7 Å². The van der Waals surface area contributed by atoms with E-state index in [0.29, 0.717) is 5.15 Å². The molecule has 2 aromatic rings. The van der Waals surface area contributed by atoms with Gasteiger partial charge in [0.15, 0.2) is 0 Å². The number of hydrogen-bond donors (Lipinski definition) is 1. The molecule has 0 aliphatic heterocycles. The van der Waals surface area contributed by atoms with Gasteiger partial charge in [-0.2, -0.15) is 0 Å². The minimum Gasteiger partial charge on any atom is -0.319 e. The van der Waals surface area contributed by atoms with E-state index < -0.39 is 0 Å². The lowest BCUT2D eigenvalue weighted by Crippen LogP contribution is -2.13. The Balaban J connectivity index is 2.32. The van der Waals surface area contributed by atoms with Crippen molar-refractivity contribution in [1.82, 2.24) is 4.98 Å². The van der Waals surface area contributed by atoms with Crippen molar-refractivity contribution in [2.75, 3.05) is 0 Å². The van der Waals surface area contributed by atoms with Gasteiger partial charge in [-0.1, -0.05) is 48.0 Å². The van der Waals surface area contributed by atoms with Crippen LogP contribution in [0.4, 0.5) is 0 Å². The summed E-state index contributed by atoms with van der Waals surface area (Å²) in [5.41, 5.74) is 7.88. The van der Waals surface area contributed by atoms with E-state index in [1.807, 2.05) is 42.5 Å². The molecule has 2 nitrogen and oxygen atoms in total. The molecule has 2 N–H and O–H groups in total. The van der Waals surface area contributed by atoms with E-state index in [4.69, 9.17) is 17.3 Å². The maximum Gasteiger partial charge on any atom is 0.129 e. The first-order valence-electron chi connectivity index (χ1n) is 4.70. The molecule has 0 aliphatic carbocycles. The number of pyridine rings is 1. The number of rotatable bonds is 2. The highest BCUT2D eigenvalue weighted by atomic mass is 35.5. The molecular weight excluding hydrogens is 208 g/mol. The van der Waals surface area contributed by atoms with Crippen LogP contribution in [-0.4, -0.2) is 4.98 Å². The zero-order valence-electron chi connectivity index (χ0n) is 8.10. The zero-order chi connectivity index (χ0) is 10.7. The third-order valence-electron chi connectivity index (χ3n) is 2.21. The highest BCUT2D eigenvalue weighted by Crippen LogP contribution is 2.18. The molecule has 2 rings (SSSR count). The maximum absolute atomic E-state index is 6.06. The third-order valence-corrected chi connectivity index (χ3v) is 2.42. The van der Waals surface area contributed by atoms with Crippen LogP contribution in [0.2, 0.25) is 5.15 Å². The van der Waals surface area contributed by atoms with Crippen molar-refractivity contribution in [2.24, 2.45) is 5.73 Å². The number of halogens is 1. The Morgan fingerprint density at radius 2 is 1.73 bits per heavy atom. The van der Waals surface area contributed by atoms with Gasteiger partial charge in [0.2, 0.25) is 0 Å². The van der Waals surface area contributed by atoms with Crippen LogP contribution >= 0.6 is 11.6 Å². The van der Waals surface area contributed by atoms with Crippen molar-refractivity contribution < 1.29 is 0 Å². The van der Waals surface area contributed by atoms with Crippen LogP contribution in [0.15, 0.2) is 48.5 Å². The average molecular weight is 219 g/mol. The monoisotopic (exact) mass is 218 g/mol. The average Bonchev–Trinajstić information content (AvgIpc) is 2.29. The Bertz CT molecular complexity index is 442. The van der Waals surface area contributed by atoms with E-state index in [1.165, 1.54) is 0 Å². The fourth-order valence-corrected chi connectivity index (χ4v) is 1.60. The molecule has 0 fully saturated rings. The van der Waals surface area contributed by atoms with Crippen molar-refractivity contribution in [3.63, 3.8) is 0 Å². The normalized spacial score (nSPS) is 12.4. The summed E-state index contributed by atoms with van der Waals surface area (Å²) in [7, 11) is 0. The lowest BCUT2D eigenvalue weighted by molar-refractivity contribution is 0.829. The van der Waals surface area contributed by atoms with E-state index in [-0.39, 0.29) is 6.04 Å². The van der Waals surface area contributed by atoms with Crippen molar-refractivity contribution >= 4 is 11.6 Å². The second kappa shape index (κ2) is 4.43. The molecule has 0 amide bonds. The van der Waals surface area contributed by atoms with Gasteiger partial charge in [0, 0.05) is 0 Å². The molecule has 1 atom stereocenters. The smallest absolute Gasteiger partial charge is 0.129 e. The molecule has 0 radical (unpaired) electrons. The Kier molecular flexibility index (Phi) is 2.99. The van der Waals surface area contributed by atoms with Crippen molar-refractivity contribution in [1.29, 1.82) is 0 Å². The first-order chi connectivity index (χ1) is 7.27. The lowest BCUT2D eigenvalue weighted by Gasteiger charge is -2.11. The summed E-state index contributed by atoms with van der Waals surface area (Å²) in [5.74, 6) is 0. The van der Waals surface area contributed by atoms with Crippen LogP contribution < -0.4 is 5.73 Å². The van der Waals surface area contributed by atoms with Crippen molar-refractivity contribution in [2.45, 2.75) is 6.04 Å². The van der Waals surface area contributed by atoms with Crippen LogP contribution in [0.1, 0.15) is 17.3 Å². The fraction of sp³-hybridized carbons (Fsp3) is 0.0833. The minimum absolute atomic E-state index is 0.218. The topological polar surface area (TPSA) is 38.9 Å². The Hall–Kier alpha value is -1.38. The summed E-state index contributed by atoms with van der Waals surface area (Å²) in [6.45, 7) is 0. The Morgan fingerprint density at radius 3 is 2.40 bits per heavy atom. The van der Waals surface area contributed by atoms with E-state index >= 15 is 0 Å². The first-order valence-corrected chi connectivity index (χ1v) is 5.08.